The van der Waals surface area contributed by atoms with Gasteiger partial charge in [0.1, 0.15) is 5.75 Å². The van der Waals surface area contributed by atoms with Crippen LogP contribution in [0.4, 0.5) is 0 Å². The van der Waals surface area contributed by atoms with Gasteiger partial charge in [-0.3, -0.25) is 4.79 Å². The monoisotopic (exact) mass is 428 g/mol. The molecule has 150 valence electrons. The smallest absolute Gasteiger partial charge is 0.274 e. The Morgan fingerprint density at radius 2 is 1.97 bits per heavy atom. The Bertz CT molecular complexity index is 1100. The number of carbonyl (C=O) groups is 1. The summed E-state index contributed by atoms with van der Waals surface area (Å²) in [5.41, 5.74) is 4.23. The second kappa shape index (κ2) is 7.16. The SMILES string of the molecule is CN1CCN(C(=O)c2nn(-c3ccc(O)cc3Cl)c3c2CCc2sccc2-3)CC1. The van der Waals surface area contributed by atoms with Crippen molar-refractivity contribution >= 4 is 28.8 Å². The molecule has 0 bridgehead atoms. The highest BCUT2D eigenvalue weighted by Gasteiger charge is 2.32. The molecule has 2 aromatic heterocycles. The van der Waals surface area contributed by atoms with Gasteiger partial charge in [0.15, 0.2) is 5.69 Å². The van der Waals surface area contributed by atoms with Crippen molar-refractivity contribution in [3.63, 3.8) is 0 Å². The summed E-state index contributed by atoms with van der Waals surface area (Å²) in [6.45, 7) is 3.15. The van der Waals surface area contributed by atoms with Crippen LogP contribution < -0.4 is 0 Å². The van der Waals surface area contributed by atoms with Crippen LogP contribution >= 0.6 is 22.9 Å². The number of amides is 1. The summed E-state index contributed by atoms with van der Waals surface area (Å²) < 4.78 is 1.78. The number of carbonyl (C=O) groups excluding carboxylic acids is 1. The van der Waals surface area contributed by atoms with E-state index in [2.05, 4.69) is 23.4 Å². The number of rotatable bonds is 2. The van der Waals surface area contributed by atoms with Gasteiger partial charge in [0.25, 0.3) is 5.91 Å². The van der Waals surface area contributed by atoms with E-state index in [1.54, 1.807) is 28.2 Å². The first kappa shape index (κ1) is 18.7. The minimum atomic E-state index is -0.0123. The Morgan fingerprint density at radius 3 is 2.72 bits per heavy atom. The standard InChI is InChI=1S/C21H21ClN4O2S/c1-24-7-9-25(10-8-24)21(28)19-15-3-5-18-14(6-11-29-18)20(15)26(23-19)17-4-2-13(27)12-16(17)22/h2,4,6,11-12,27H,3,5,7-10H2,1H3. The second-order valence-corrected chi connectivity index (χ2v) is 8.98. The molecule has 0 spiro atoms. The number of phenols is 1. The molecule has 3 heterocycles. The third-order valence-electron chi connectivity index (χ3n) is 5.74. The Kier molecular flexibility index (Phi) is 4.61. The van der Waals surface area contributed by atoms with Crippen LogP contribution in [0.5, 0.6) is 5.75 Å². The normalized spacial score (nSPS) is 16.6. The number of aryl methyl sites for hydroxylation is 1. The van der Waals surface area contributed by atoms with Crippen LogP contribution in [0.2, 0.25) is 5.02 Å². The molecule has 2 aliphatic rings. The van der Waals surface area contributed by atoms with Gasteiger partial charge < -0.3 is 14.9 Å². The first-order chi connectivity index (χ1) is 14.0. The van der Waals surface area contributed by atoms with Crippen molar-refractivity contribution in [3.8, 4) is 22.7 Å². The fourth-order valence-electron chi connectivity index (χ4n) is 4.12. The molecule has 0 radical (unpaired) electrons. The van der Waals surface area contributed by atoms with E-state index in [1.807, 2.05) is 4.90 Å². The highest BCUT2D eigenvalue weighted by molar-refractivity contribution is 7.10. The maximum Gasteiger partial charge on any atom is 0.274 e. The van der Waals surface area contributed by atoms with Gasteiger partial charge in [-0.2, -0.15) is 5.10 Å². The van der Waals surface area contributed by atoms with Crippen molar-refractivity contribution in [1.29, 1.82) is 0 Å². The Hall–Kier alpha value is -2.35. The van der Waals surface area contributed by atoms with Crippen molar-refractivity contribution in [3.05, 3.63) is 50.8 Å². The fourth-order valence-corrected chi connectivity index (χ4v) is 5.26. The van der Waals surface area contributed by atoms with E-state index >= 15 is 0 Å². The van der Waals surface area contributed by atoms with Crippen LogP contribution in [-0.4, -0.2) is 63.8 Å². The molecule has 1 fully saturated rings. The van der Waals surface area contributed by atoms with Gasteiger partial charge >= 0.3 is 0 Å². The quantitative estimate of drug-likeness (QED) is 0.679. The Labute approximate surface area is 177 Å². The highest BCUT2D eigenvalue weighted by atomic mass is 35.5. The molecule has 8 heteroatoms. The zero-order valence-corrected chi connectivity index (χ0v) is 17.6. The molecule has 1 aromatic carbocycles. The average Bonchev–Trinajstić information content (AvgIpc) is 3.32. The molecule has 1 amide bonds. The average molecular weight is 429 g/mol. The molecule has 1 N–H and O–H groups in total. The maximum atomic E-state index is 13.4. The summed E-state index contributed by atoms with van der Waals surface area (Å²) in [5, 5.41) is 17.0. The lowest BCUT2D eigenvalue weighted by Crippen LogP contribution is -2.47. The first-order valence-corrected chi connectivity index (χ1v) is 10.9. The molecule has 1 saturated heterocycles. The Balaban J connectivity index is 1.65. The van der Waals surface area contributed by atoms with Gasteiger partial charge in [0, 0.05) is 48.2 Å². The largest absolute Gasteiger partial charge is 0.508 e. The van der Waals surface area contributed by atoms with Gasteiger partial charge in [0.2, 0.25) is 0 Å². The number of aromatic hydroxyl groups is 1. The van der Waals surface area contributed by atoms with Gasteiger partial charge in [-0.15, -0.1) is 11.3 Å². The van der Waals surface area contributed by atoms with Crippen LogP contribution in [0.25, 0.3) is 16.9 Å². The zero-order chi connectivity index (χ0) is 20.1. The van der Waals surface area contributed by atoms with Gasteiger partial charge in [-0.05, 0) is 43.5 Å². The predicted molar refractivity (Wildman–Crippen MR) is 114 cm³/mol. The Morgan fingerprint density at radius 1 is 1.17 bits per heavy atom. The predicted octanol–water partition coefficient (Wildman–Crippen LogP) is 3.45. The lowest BCUT2D eigenvalue weighted by molar-refractivity contribution is 0.0656. The number of likely N-dealkylation sites (N-methyl/N-ethyl adjacent to an activating group) is 1. The number of halogens is 1. The second-order valence-electron chi connectivity index (χ2n) is 7.58. The minimum absolute atomic E-state index is 0.0123. The number of hydrogen-bond acceptors (Lipinski definition) is 5. The molecular weight excluding hydrogens is 408 g/mol. The van der Waals surface area contributed by atoms with Crippen LogP contribution in [0.3, 0.4) is 0 Å². The molecule has 6 nitrogen and oxygen atoms in total. The molecule has 1 aliphatic carbocycles. The molecule has 1 aliphatic heterocycles. The lowest BCUT2D eigenvalue weighted by Gasteiger charge is -2.32. The number of phenolic OH excluding ortho intramolecular Hbond substituents is 1. The third-order valence-corrected chi connectivity index (χ3v) is 7.02. The molecule has 29 heavy (non-hydrogen) atoms. The van der Waals surface area contributed by atoms with Crippen molar-refractivity contribution in [1.82, 2.24) is 19.6 Å². The molecule has 0 unspecified atom stereocenters. The van der Waals surface area contributed by atoms with Gasteiger partial charge in [0.05, 0.1) is 16.4 Å². The summed E-state index contributed by atoms with van der Waals surface area (Å²) in [4.78, 5) is 18.8. The summed E-state index contributed by atoms with van der Waals surface area (Å²) in [7, 11) is 2.07. The summed E-state index contributed by atoms with van der Waals surface area (Å²) in [6.07, 6.45) is 1.70. The summed E-state index contributed by atoms with van der Waals surface area (Å²) in [5.74, 6) is 0.0893. The van der Waals surface area contributed by atoms with Gasteiger partial charge in [-0.25, -0.2) is 4.68 Å². The molecule has 3 aromatic rings. The van der Waals surface area contributed by atoms with E-state index < -0.39 is 0 Å². The van der Waals surface area contributed by atoms with Gasteiger partial charge in [-0.1, -0.05) is 11.6 Å². The third kappa shape index (κ3) is 3.13. The molecule has 5 rings (SSSR count). The zero-order valence-electron chi connectivity index (χ0n) is 16.1. The molecular formula is C21H21ClN4O2S. The first-order valence-electron chi connectivity index (χ1n) is 9.68. The van der Waals surface area contributed by atoms with E-state index in [1.165, 1.54) is 10.9 Å². The molecule has 0 atom stereocenters. The van der Waals surface area contributed by atoms with Crippen molar-refractivity contribution in [2.75, 3.05) is 33.2 Å². The summed E-state index contributed by atoms with van der Waals surface area (Å²) >= 11 is 8.17. The van der Waals surface area contributed by atoms with Crippen molar-refractivity contribution < 1.29 is 9.90 Å². The number of fused-ring (bicyclic) bond motifs is 3. The van der Waals surface area contributed by atoms with Crippen LogP contribution in [0.15, 0.2) is 29.6 Å². The number of thiophene rings is 1. The number of nitrogens with zero attached hydrogens (tertiary/aromatic N) is 4. The van der Waals surface area contributed by atoms with Crippen LogP contribution in [0.1, 0.15) is 20.9 Å². The highest BCUT2D eigenvalue weighted by Crippen LogP contribution is 2.41. The minimum Gasteiger partial charge on any atom is -0.508 e. The van der Waals surface area contributed by atoms with Crippen molar-refractivity contribution in [2.24, 2.45) is 0 Å². The van der Waals surface area contributed by atoms with E-state index in [4.69, 9.17) is 16.7 Å². The van der Waals surface area contributed by atoms with E-state index in [0.29, 0.717) is 29.5 Å². The number of benzene rings is 1. The van der Waals surface area contributed by atoms with E-state index in [0.717, 1.165) is 42.8 Å². The topological polar surface area (TPSA) is 61.6 Å². The maximum absolute atomic E-state index is 13.4. The van der Waals surface area contributed by atoms with E-state index in [-0.39, 0.29) is 11.7 Å². The van der Waals surface area contributed by atoms with Crippen molar-refractivity contribution in [2.45, 2.75) is 12.8 Å². The van der Waals surface area contributed by atoms with Crippen LogP contribution in [0, 0.1) is 0 Å². The van der Waals surface area contributed by atoms with Crippen LogP contribution in [-0.2, 0) is 12.8 Å². The number of aromatic nitrogens is 2. The van der Waals surface area contributed by atoms with E-state index in [9.17, 15) is 9.90 Å². The lowest BCUT2D eigenvalue weighted by atomic mass is 9.94. The summed E-state index contributed by atoms with van der Waals surface area (Å²) in [6, 6.07) is 6.93. The number of piperazine rings is 1. The molecule has 0 saturated carbocycles. The fraction of sp³-hybridized carbons (Fsp3) is 0.333. The number of hydrogen-bond donors (Lipinski definition) is 1.